The Bertz CT molecular complexity index is 1030. The molecule has 0 bridgehead atoms. The molecule has 1 N–H and O–H groups in total. The van der Waals surface area contributed by atoms with Crippen molar-refractivity contribution in [3.63, 3.8) is 0 Å². The third kappa shape index (κ3) is 3.92. The van der Waals surface area contributed by atoms with E-state index in [9.17, 15) is 18.0 Å². The van der Waals surface area contributed by atoms with E-state index in [-0.39, 0.29) is 54.6 Å². The van der Waals surface area contributed by atoms with E-state index in [1.807, 2.05) is 6.92 Å². The van der Waals surface area contributed by atoms with Gasteiger partial charge in [-0.2, -0.15) is 4.31 Å². The fourth-order valence-electron chi connectivity index (χ4n) is 3.28. The number of fused-ring (bicyclic) bond motifs is 1. The van der Waals surface area contributed by atoms with E-state index >= 15 is 0 Å². The number of hydrogen-bond donors (Lipinski definition) is 1. The van der Waals surface area contributed by atoms with Crippen LogP contribution >= 0.6 is 11.8 Å². The molecule has 154 valence electrons. The molecule has 1 saturated heterocycles. The summed E-state index contributed by atoms with van der Waals surface area (Å²) in [6.45, 7) is 2.81. The highest BCUT2D eigenvalue weighted by molar-refractivity contribution is 7.99. The van der Waals surface area contributed by atoms with Crippen molar-refractivity contribution in [1.82, 2.24) is 9.21 Å². The van der Waals surface area contributed by atoms with Gasteiger partial charge in [0.05, 0.1) is 16.8 Å². The molecule has 0 radical (unpaired) electrons. The second-order valence-corrected chi connectivity index (χ2v) is 10.0. The van der Waals surface area contributed by atoms with Gasteiger partial charge in [-0.3, -0.25) is 9.59 Å². The number of anilines is 1. The number of amides is 2. The van der Waals surface area contributed by atoms with E-state index in [0.717, 1.165) is 4.90 Å². The summed E-state index contributed by atoms with van der Waals surface area (Å²) in [6.07, 6.45) is 1.43. The maximum absolute atomic E-state index is 13.1. The summed E-state index contributed by atoms with van der Waals surface area (Å²) in [5.74, 6) is 0.389. The zero-order valence-corrected chi connectivity index (χ0v) is 17.5. The first-order chi connectivity index (χ1) is 13.9. The van der Waals surface area contributed by atoms with Gasteiger partial charge in [-0.15, -0.1) is 11.8 Å². The lowest BCUT2D eigenvalue weighted by atomic mass is 10.2. The van der Waals surface area contributed by atoms with Gasteiger partial charge in [-0.1, -0.05) is 6.92 Å². The Morgan fingerprint density at radius 2 is 1.97 bits per heavy atom. The summed E-state index contributed by atoms with van der Waals surface area (Å²) in [7, 11) is -3.73. The number of nitrogens with one attached hydrogen (secondary N) is 1. The Morgan fingerprint density at radius 1 is 1.21 bits per heavy atom. The molecule has 2 aliphatic rings. The topological polar surface area (TPSA) is 99.9 Å². The van der Waals surface area contributed by atoms with Gasteiger partial charge in [-0.05, 0) is 30.3 Å². The smallest absolute Gasteiger partial charge is 0.289 e. The van der Waals surface area contributed by atoms with E-state index in [1.54, 1.807) is 29.2 Å². The van der Waals surface area contributed by atoms with Crippen LogP contribution in [0, 0.1) is 5.92 Å². The van der Waals surface area contributed by atoms with Crippen LogP contribution in [0.3, 0.4) is 0 Å². The predicted octanol–water partition coefficient (Wildman–Crippen LogP) is 2.11. The molecule has 1 aromatic heterocycles. The second-order valence-electron chi connectivity index (χ2n) is 7.03. The van der Waals surface area contributed by atoms with E-state index in [2.05, 4.69) is 5.32 Å². The molecule has 0 unspecified atom stereocenters. The van der Waals surface area contributed by atoms with Crippen molar-refractivity contribution in [3.05, 3.63) is 42.4 Å². The van der Waals surface area contributed by atoms with Crippen molar-refractivity contribution in [1.29, 1.82) is 0 Å². The van der Waals surface area contributed by atoms with E-state index in [1.165, 1.54) is 28.4 Å². The zero-order chi connectivity index (χ0) is 20.6. The number of thioether (sulfide) groups is 1. The summed E-state index contributed by atoms with van der Waals surface area (Å²) >= 11 is 1.53. The lowest BCUT2D eigenvalue weighted by Crippen LogP contribution is -2.50. The number of nitrogens with zero attached hydrogens (tertiary/aromatic N) is 2. The van der Waals surface area contributed by atoms with Crippen LogP contribution in [-0.2, 0) is 14.8 Å². The first kappa shape index (κ1) is 20.0. The average molecular weight is 436 g/mol. The third-order valence-corrected chi connectivity index (χ3v) is 8.27. The van der Waals surface area contributed by atoms with Crippen LogP contribution < -0.4 is 5.32 Å². The van der Waals surface area contributed by atoms with E-state index in [0.29, 0.717) is 11.4 Å². The Hall–Kier alpha value is -2.30. The van der Waals surface area contributed by atoms with Crippen LogP contribution in [0.4, 0.5) is 5.69 Å². The standard InChI is InChI=1S/C19H21N3O5S2/c1-13-12-28-17-5-4-14(11-15(17)20-18(13)23)29(25,26)22-8-6-21(7-9-22)19(24)16-3-2-10-27-16/h2-5,10-11,13H,6-9,12H2,1H3,(H,20,23)/t13-/m0/s1. The zero-order valence-electron chi connectivity index (χ0n) is 15.8. The quantitative estimate of drug-likeness (QED) is 0.793. The molecule has 0 spiro atoms. The molecule has 4 rings (SSSR count). The van der Waals surface area contributed by atoms with Gasteiger partial charge in [0, 0.05) is 42.7 Å². The molecule has 3 heterocycles. The van der Waals surface area contributed by atoms with Gasteiger partial charge in [0.25, 0.3) is 5.91 Å². The highest BCUT2D eigenvalue weighted by Gasteiger charge is 2.32. The molecular formula is C19H21N3O5S2. The number of sulfonamides is 1. The maximum atomic E-state index is 13.1. The Kier molecular flexibility index (Phi) is 5.41. The van der Waals surface area contributed by atoms with Crippen LogP contribution in [0.5, 0.6) is 0 Å². The van der Waals surface area contributed by atoms with E-state index in [4.69, 9.17) is 4.42 Å². The number of rotatable bonds is 3. The summed E-state index contributed by atoms with van der Waals surface area (Å²) in [4.78, 5) is 27.0. The molecule has 1 fully saturated rings. The van der Waals surface area contributed by atoms with Crippen molar-refractivity contribution in [2.45, 2.75) is 16.7 Å². The predicted molar refractivity (Wildman–Crippen MR) is 108 cm³/mol. The lowest BCUT2D eigenvalue weighted by Gasteiger charge is -2.33. The number of carbonyl (C=O) groups excluding carboxylic acids is 2. The lowest BCUT2D eigenvalue weighted by molar-refractivity contribution is -0.118. The van der Waals surface area contributed by atoms with Gasteiger partial charge in [0.2, 0.25) is 15.9 Å². The summed E-state index contributed by atoms with van der Waals surface area (Å²) < 4.78 is 32.7. The highest BCUT2D eigenvalue weighted by atomic mass is 32.2. The van der Waals surface area contributed by atoms with Crippen LogP contribution in [0.25, 0.3) is 0 Å². The van der Waals surface area contributed by atoms with Crippen LogP contribution in [0.2, 0.25) is 0 Å². The first-order valence-corrected chi connectivity index (χ1v) is 11.7. The normalized spacial score (nSPS) is 20.7. The Balaban J connectivity index is 1.49. The van der Waals surface area contributed by atoms with Crippen LogP contribution in [0.15, 0.2) is 50.8 Å². The van der Waals surface area contributed by atoms with Crippen molar-refractivity contribution in [2.24, 2.45) is 5.92 Å². The largest absolute Gasteiger partial charge is 0.459 e. The average Bonchev–Trinajstić information content (AvgIpc) is 3.22. The number of furan rings is 1. The molecule has 2 amide bonds. The summed E-state index contributed by atoms with van der Waals surface area (Å²) in [6, 6.07) is 8.07. The number of benzene rings is 1. The van der Waals surface area contributed by atoms with Gasteiger partial charge < -0.3 is 14.6 Å². The fourth-order valence-corrected chi connectivity index (χ4v) is 5.74. The van der Waals surface area contributed by atoms with Crippen LogP contribution in [-0.4, -0.2) is 61.4 Å². The first-order valence-electron chi connectivity index (χ1n) is 9.27. The SMILES string of the molecule is C[C@H]1CSc2ccc(S(=O)(=O)N3CCN(C(=O)c4ccco4)CC3)cc2NC1=O. The minimum atomic E-state index is -3.73. The monoisotopic (exact) mass is 435 g/mol. The molecule has 29 heavy (non-hydrogen) atoms. The summed E-state index contributed by atoms with van der Waals surface area (Å²) in [5.41, 5.74) is 0.525. The molecule has 1 atom stereocenters. The molecule has 0 aliphatic carbocycles. The molecule has 1 aromatic carbocycles. The molecular weight excluding hydrogens is 414 g/mol. The van der Waals surface area contributed by atoms with Crippen molar-refractivity contribution in [2.75, 3.05) is 37.2 Å². The van der Waals surface area contributed by atoms with E-state index < -0.39 is 10.0 Å². The van der Waals surface area contributed by atoms with Gasteiger partial charge in [-0.25, -0.2) is 8.42 Å². The van der Waals surface area contributed by atoms with Crippen molar-refractivity contribution >= 4 is 39.3 Å². The molecule has 8 nitrogen and oxygen atoms in total. The Morgan fingerprint density at radius 3 is 2.66 bits per heavy atom. The summed E-state index contributed by atoms with van der Waals surface area (Å²) in [5, 5.41) is 2.82. The van der Waals surface area contributed by atoms with Crippen molar-refractivity contribution in [3.8, 4) is 0 Å². The second kappa shape index (κ2) is 7.85. The van der Waals surface area contributed by atoms with Crippen molar-refractivity contribution < 1.29 is 22.4 Å². The molecule has 0 saturated carbocycles. The van der Waals surface area contributed by atoms with Crippen LogP contribution in [0.1, 0.15) is 17.5 Å². The third-order valence-electron chi connectivity index (χ3n) is 5.04. The van der Waals surface area contributed by atoms with Gasteiger partial charge >= 0.3 is 0 Å². The van der Waals surface area contributed by atoms with Gasteiger partial charge in [0.1, 0.15) is 0 Å². The number of hydrogen-bond acceptors (Lipinski definition) is 6. The fraction of sp³-hybridized carbons (Fsp3) is 0.368. The number of carbonyl (C=O) groups is 2. The number of piperazine rings is 1. The molecule has 10 heteroatoms. The maximum Gasteiger partial charge on any atom is 0.289 e. The van der Waals surface area contributed by atoms with Gasteiger partial charge in [0.15, 0.2) is 5.76 Å². The molecule has 2 aromatic rings. The molecule has 2 aliphatic heterocycles. The minimum Gasteiger partial charge on any atom is -0.459 e. The minimum absolute atomic E-state index is 0.115. The Labute approximate surface area is 173 Å². The highest BCUT2D eigenvalue weighted by Crippen LogP contribution is 2.34.